The van der Waals surface area contributed by atoms with Gasteiger partial charge in [0, 0.05) is 42.0 Å². The first-order valence-corrected chi connectivity index (χ1v) is 13.1. The molecule has 1 saturated heterocycles. The van der Waals surface area contributed by atoms with Crippen LogP contribution in [0.5, 0.6) is 6.01 Å². The Labute approximate surface area is 237 Å². The quantitative estimate of drug-likeness (QED) is 0.328. The van der Waals surface area contributed by atoms with E-state index in [0.717, 1.165) is 16.0 Å². The van der Waals surface area contributed by atoms with Crippen LogP contribution in [0, 0.1) is 0 Å². The lowest BCUT2D eigenvalue weighted by atomic mass is 9.93. The largest absolute Gasteiger partial charge is 0.467 e. The molecular weight excluding hydrogens is 564 g/mol. The van der Waals surface area contributed by atoms with Gasteiger partial charge in [-0.25, -0.2) is 29.1 Å². The first-order valence-electron chi connectivity index (χ1n) is 13.1. The Balaban J connectivity index is 1.11. The number of hydrogen-bond acceptors (Lipinski definition) is 11. The molecule has 0 spiro atoms. The van der Waals surface area contributed by atoms with E-state index in [1.807, 2.05) is 0 Å². The van der Waals surface area contributed by atoms with Crippen LogP contribution in [0.15, 0.2) is 36.9 Å². The summed E-state index contributed by atoms with van der Waals surface area (Å²) in [5.74, 6) is -0.152. The number of pyridine rings is 1. The van der Waals surface area contributed by atoms with Crippen LogP contribution in [0.4, 0.5) is 39.9 Å². The number of alkyl halides is 4. The lowest BCUT2D eigenvalue weighted by Crippen LogP contribution is -2.61. The molecule has 3 N–H and O–H groups in total. The summed E-state index contributed by atoms with van der Waals surface area (Å²) in [6, 6.07) is 3.46. The summed E-state index contributed by atoms with van der Waals surface area (Å²) < 4.78 is 65.1. The molecule has 4 heterocycles. The summed E-state index contributed by atoms with van der Waals surface area (Å²) >= 11 is 0. The fourth-order valence-corrected chi connectivity index (χ4v) is 4.77. The zero-order valence-electron chi connectivity index (χ0n) is 22.4. The molecule has 5 rings (SSSR count). The van der Waals surface area contributed by atoms with Crippen molar-refractivity contribution in [2.45, 2.75) is 49.7 Å². The number of rotatable bonds is 8. The molecule has 1 saturated carbocycles. The van der Waals surface area contributed by atoms with Crippen molar-refractivity contribution in [3.63, 3.8) is 0 Å². The first-order chi connectivity index (χ1) is 20.0. The maximum atomic E-state index is 14.1. The number of amides is 1. The fraction of sp³-hybridized carbons (Fsp3) is 0.462. The molecule has 224 valence electrons. The molecule has 42 heavy (non-hydrogen) atoms. The van der Waals surface area contributed by atoms with Gasteiger partial charge in [-0.05, 0) is 37.8 Å². The second-order valence-corrected chi connectivity index (χ2v) is 10.1. The molecule has 1 aliphatic carbocycles. The Morgan fingerprint density at radius 2 is 1.74 bits per heavy atom. The Morgan fingerprint density at radius 3 is 2.33 bits per heavy atom. The molecule has 12 nitrogen and oxygen atoms in total. The van der Waals surface area contributed by atoms with E-state index in [0.29, 0.717) is 37.7 Å². The van der Waals surface area contributed by atoms with Crippen molar-refractivity contribution in [3.05, 3.63) is 42.5 Å². The van der Waals surface area contributed by atoms with E-state index < -0.39 is 49.0 Å². The first kappa shape index (κ1) is 29.2. The summed E-state index contributed by atoms with van der Waals surface area (Å²) in [4.78, 5) is 33.7. The minimum absolute atomic E-state index is 0.0174. The number of carbonyl (C=O) groups is 1. The van der Waals surface area contributed by atoms with Gasteiger partial charge in [0.05, 0.1) is 26.8 Å². The Hall–Kier alpha value is -4.34. The highest BCUT2D eigenvalue weighted by Gasteiger charge is 2.47. The fourth-order valence-electron chi connectivity index (χ4n) is 4.77. The molecule has 0 aromatic carbocycles. The number of anilines is 3. The van der Waals surface area contributed by atoms with Crippen LogP contribution in [-0.4, -0.2) is 80.7 Å². The van der Waals surface area contributed by atoms with Crippen molar-refractivity contribution < 1.29 is 36.9 Å². The van der Waals surface area contributed by atoms with Crippen LogP contribution in [0.1, 0.15) is 31.2 Å². The molecule has 2 fully saturated rings. The predicted octanol–water partition coefficient (Wildman–Crippen LogP) is 3.85. The van der Waals surface area contributed by atoms with Crippen molar-refractivity contribution >= 4 is 23.7 Å². The molecule has 0 unspecified atom stereocenters. The van der Waals surface area contributed by atoms with E-state index in [9.17, 15) is 22.4 Å². The van der Waals surface area contributed by atoms with Crippen LogP contribution < -0.4 is 20.3 Å². The highest BCUT2D eigenvalue weighted by molar-refractivity contribution is 5.83. The molecule has 0 bridgehead atoms. The van der Waals surface area contributed by atoms with Gasteiger partial charge in [-0.1, -0.05) is 0 Å². The third-order valence-corrected chi connectivity index (χ3v) is 7.02. The van der Waals surface area contributed by atoms with Crippen LogP contribution in [0.3, 0.4) is 0 Å². The summed E-state index contributed by atoms with van der Waals surface area (Å²) in [5.41, 5.74) is -1.56. The number of carbonyl (C=O) groups excluding carboxylic acids is 1. The third kappa shape index (κ3) is 6.75. The second-order valence-electron chi connectivity index (χ2n) is 10.1. The number of aromatic nitrogens is 5. The number of halogens is 4. The molecule has 0 atom stereocenters. The number of nitrogens with one attached hydrogen (secondary N) is 2. The van der Waals surface area contributed by atoms with E-state index in [1.54, 1.807) is 30.7 Å². The number of aliphatic hydroxyl groups is 1. The number of ether oxygens (including phenoxy) is 2. The molecule has 16 heteroatoms. The van der Waals surface area contributed by atoms with Crippen LogP contribution in [-0.2, 0) is 10.9 Å². The number of hydrogen-bond donors (Lipinski definition) is 3. The van der Waals surface area contributed by atoms with Gasteiger partial charge in [0.2, 0.25) is 5.95 Å². The lowest BCUT2D eigenvalue weighted by molar-refractivity contribution is -0.137. The van der Waals surface area contributed by atoms with Gasteiger partial charge in [-0.15, -0.1) is 0 Å². The summed E-state index contributed by atoms with van der Waals surface area (Å²) in [6.07, 6.45) is 1.81. The van der Waals surface area contributed by atoms with Gasteiger partial charge in [0.1, 0.15) is 23.3 Å². The van der Waals surface area contributed by atoms with Gasteiger partial charge in [0.25, 0.3) is 0 Å². The molecule has 2 aliphatic rings. The number of aliphatic hydroxyl groups excluding tert-OH is 1. The van der Waals surface area contributed by atoms with E-state index in [4.69, 9.17) is 14.6 Å². The lowest BCUT2D eigenvalue weighted by Gasteiger charge is -2.44. The normalized spacial score (nSPS) is 19.9. The van der Waals surface area contributed by atoms with Gasteiger partial charge in [0.15, 0.2) is 5.67 Å². The van der Waals surface area contributed by atoms with E-state index >= 15 is 0 Å². The van der Waals surface area contributed by atoms with Gasteiger partial charge >= 0.3 is 18.3 Å². The maximum absolute atomic E-state index is 14.1. The Morgan fingerprint density at radius 1 is 1.05 bits per heavy atom. The highest BCUT2D eigenvalue weighted by atomic mass is 19.4. The van der Waals surface area contributed by atoms with E-state index in [2.05, 4.69) is 35.6 Å². The standard InChI is InChI=1S/C26H28F4N8O4/c1-41-23-33-9-16(10-34-23)15-2-7-20(31-8-15)36-24(40)42-18-5-3-17(4-6-18)35-22-32-11-19(26(28,29)30)21(37-22)38-12-25(27,13-38)14-39/h2,7-11,17-18,39H,3-6,12-14H2,1H3,(H,31,36,40)(H,32,35,37)/t17-,18-. The number of nitrogens with zero attached hydrogens (tertiary/aromatic N) is 6. The van der Waals surface area contributed by atoms with Crippen molar-refractivity contribution in [1.82, 2.24) is 24.9 Å². The van der Waals surface area contributed by atoms with Crippen molar-refractivity contribution in [2.75, 3.05) is 42.3 Å². The highest BCUT2D eigenvalue weighted by Crippen LogP contribution is 2.39. The van der Waals surface area contributed by atoms with Gasteiger partial charge in [-0.2, -0.15) is 18.2 Å². The van der Waals surface area contributed by atoms with E-state index in [1.165, 1.54) is 7.11 Å². The molecule has 1 amide bonds. The summed E-state index contributed by atoms with van der Waals surface area (Å²) in [6.45, 7) is -1.58. The minimum Gasteiger partial charge on any atom is -0.467 e. The van der Waals surface area contributed by atoms with Crippen LogP contribution in [0.2, 0.25) is 0 Å². The number of methoxy groups -OCH3 is 1. The predicted molar refractivity (Wildman–Crippen MR) is 142 cm³/mol. The van der Waals surface area contributed by atoms with Crippen LogP contribution >= 0.6 is 0 Å². The van der Waals surface area contributed by atoms with Crippen molar-refractivity contribution in [2.24, 2.45) is 0 Å². The summed E-state index contributed by atoms with van der Waals surface area (Å²) in [7, 11) is 1.47. The molecular formula is C26H28F4N8O4. The third-order valence-electron chi connectivity index (χ3n) is 7.02. The SMILES string of the molecule is COc1ncc(-c2ccc(NC(=O)O[C@H]3CC[C@H](Nc4ncc(C(F)(F)F)c(N5CC(F)(CO)C5)n4)CC3)nc2)cn1. The van der Waals surface area contributed by atoms with Crippen molar-refractivity contribution in [3.8, 4) is 17.1 Å². The van der Waals surface area contributed by atoms with Gasteiger partial charge in [-0.3, -0.25) is 5.32 Å². The van der Waals surface area contributed by atoms with Crippen molar-refractivity contribution in [1.29, 1.82) is 0 Å². The van der Waals surface area contributed by atoms with Gasteiger partial charge < -0.3 is 24.8 Å². The molecule has 1 aliphatic heterocycles. The minimum atomic E-state index is -4.72. The zero-order chi connectivity index (χ0) is 29.9. The Bertz CT molecular complexity index is 1380. The average Bonchev–Trinajstić information content (AvgIpc) is 2.96. The Kier molecular flexibility index (Phi) is 8.24. The topological polar surface area (TPSA) is 148 Å². The van der Waals surface area contributed by atoms with Crippen LogP contribution in [0.25, 0.3) is 11.1 Å². The molecule has 0 radical (unpaired) electrons. The maximum Gasteiger partial charge on any atom is 0.421 e. The molecule has 3 aromatic heterocycles. The smallest absolute Gasteiger partial charge is 0.421 e. The monoisotopic (exact) mass is 592 g/mol. The average molecular weight is 593 g/mol. The summed E-state index contributed by atoms with van der Waals surface area (Å²) in [5, 5.41) is 14.7. The zero-order valence-corrected chi connectivity index (χ0v) is 22.4. The molecule has 3 aromatic rings. The second kappa shape index (κ2) is 11.9. The van der Waals surface area contributed by atoms with E-state index in [-0.39, 0.29) is 24.1 Å².